The Morgan fingerprint density at radius 1 is 1.13 bits per heavy atom. The van der Waals surface area contributed by atoms with Gasteiger partial charge in [0.05, 0.1) is 11.6 Å². The molecule has 1 aliphatic rings. The number of unbranched alkanes of at least 4 members (excludes halogenated alkanes) is 1. The fraction of sp³-hybridized carbons (Fsp3) is 0.607. The van der Waals surface area contributed by atoms with Crippen molar-refractivity contribution in [3.63, 3.8) is 0 Å². The molecule has 0 amide bonds. The minimum absolute atomic E-state index is 0. The summed E-state index contributed by atoms with van der Waals surface area (Å²) < 4.78 is 5.70. The molecule has 0 bridgehead atoms. The van der Waals surface area contributed by atoms with Crippen molar-refractivity contribution >= 4 is 0 Å². The van der Waals surface area contributed by atoms with Crippen LogP contribution in [0, 0.1) is 80.1 Å². The van der Waals surface area contributed by atoms with E-state index in [0.29, 0.717) is 17.4 Å². The predicted octanol–water partition coefficient (Wildman–Crippen LogP) is 8.53. The van der Waals surface area contributed by atoms with Crippen molar-refractivity contribution in [1.29, 1.82) is 5.26 Å². The maximum Gasteiger partial charge on any atom is 2.00 e. The Morgan fingerprint density at radius 2 is 1.74 bits per heavy atom. The Kier molecular flexibility index (Phi) is 17.9. The quantitative estimate of drug-likeness (QED) is 0.237. The molecule has 172 valence electrons. The molecule has 1 atom stereocenters. The molecule has 0 spiro atoms. The maximum absolute atomic E-state index is 8.50. The molecule has 1 unspecified atom stereocenters. The first-order valence-electron chi connectivity index (χ1n) is 11.4. The average Bonchev–Trinajstić information content (AvgIpc) is 2.68. The van der Waals surface area contributed by atoms with Crippen molar-refractivity contribution in [2.75, 3.05) is 6.61 Å². The third-order valence-corrected chi connectivity index (χ3v) is 5.61. The van der Waals surface area contributed by atoms with Crippen LogP contribution in [0.1, 0.15) is 96.8 Å². The minimum atomic E-state index is 0. The van der Waals surface area contributed by atoms with E-state index in [1.54, 1.807) is 0 Å². The van der Waals surface area contributed by atoms with E-state index in [2.05, 4.69) is 40.7 Å². The van der Waals surface area contributed by atoms with Gasteiger partial charge in [-0.05, 0) is 57.4 Å². The van der Waals surface area contributed by atoms with Crippen LogP contribution in [0.3, 0.4) is 0 Å². The summed E-state index contributed by atoms with van der Waals surface area (Å²) in [5.74, 6) is 0. The molecule has 0 radical (unpaired) electrons. The normalized spacial score (nSPS) is 19.9. The van der Waals surface area contributed by atoms with E-state index in [-0.39, 0.29) is 31.1 Å². The van der Waals surface area contributed by atoms with Gasteiger partial charge in [0.25, 0.3) is 0 Å². The second-order valence-electron chi connectivity index (χ2n) is 9.57. The van der Waals surface area contributed by atoms with Gasteiger partial charge in [-0.1, -0.05) is 76.0 Å². The second-order valence-corrected chi connectivity index (χ2v) is 9.57. The van der Waals surface area contributed by atoms with Gasteiger partial charge < -0.3 is 11.7 Å². The predicted molar refractivity (Wildman–Crippen MR) is 131 cm³/mol. The maximum atomic E-state index is 8.50. The molecule has 0 N–H and O–H groups in total. The summed E-state index contributed by atoms with van der Waals surface area (Å²) >= 11 is 0. The van der Waals surface area contributed by atoms with Gasteiger partial charge in [-0.3, -0.25) is 0 Å². The Balaban J connectivity index is 0. The fourth-order valence-corrected chi connectivity index (χ4v) is 4.19. The Hall–Kier alpha value is -0.538. The van der Waals surface area contributed by atoms with E-state index in [1.165, 1.54) is 42.9 Å². The van der Waals surface area contributed by atoms with E-state index in [0.717, 1.165) is 18.4 Å². The fourth-order valence-electron chi connectivity index (χ4n) is 4.19. The number of hydrogen-bond acceptors (Lipinski definition) is 2. The summed E-state index contributed by atoms with van der Waals surface area (Å²) in [5.41, 5.74) is 3.99. The van der Waals surface area contributed by atoms with Crippen molar-refractivity contribution in [1.82, 2.24) is 0 Å². The van der Waals surface area contributed by atoms with Crippen LogP contribution in [0.15, 0.2) is 30.4 Å². The largest absolute Gasteiger partial charge is 2.00 e. The van der Waals surface area contributed by atoms with E-state index in [1.807, 2.05) is 58.0 Å². The smallest absolute Gasteiger partial charge is 0.575 e. The van der Waals surface area contributed by atoms with Crippen molar-refractivity contribution in [3.8, 4) is 6.07 Å². The second kappa shape index (κ2) is 17.0. The van der Waals surface area contributed by atoms with Crippen molar-refractivity contribution in [3.05, 3.63) is 60.1 Å². The van der Waals surface area contributed by atoms with Gasteiger partial charge in [0, 0.05) is 0 Å². The molecule has 0 saturated heterocycles. The Labute approximate surface area is 217 Å². The molecule has 1 aromatic rings. The molecule has 3 heteroatoms. The molecule has 2 nitrogen and oxygen atoms in total. The van der Waals surface area contributed by atoms with E-state index < -0.39 is 0 Å². The Bertz CT molecular complexity index is 670. The van der Waals surface area contributed by atoms with Gasteiger partial charge in [0.1, 0.15) is 0 Å². The summed E-state index contributed by atoms with van der Waals surface area (Å²) in [6.07, 6.45) is 12.8. The summed E-state index contributed by atoms with van der Waals surface area (Å²) in [6.45, 7) is 21.8. The van der Waals surface area contributed by atoms with Crippen LogP contribution in [0.25, 0.3) is 0 Å². The molecule has 1 aliphatic carbocycles. The first-order chi connectivity index (χ1) is 14.1. The van der Waals surface area contributed by atoms with Gasteiger partial charge in [0.15, 0.2) is 0 Å². The number of benzene rings is 1. The van der Waals surface area contributed by atoms with Crippen molar-refractivity contribution in [2.45, 2.75) is 93.9 Å². The molecule has 1 aromatic carbocycles. The van der Waals surface area contributed by atoms with Gasteiger partial charge in [0.2, 0.25) is 0 Å². The minimum Gasteiger partial charge on any atom is -0.575 e. The molecule has 0 aliphatic heterocycles. The number of allylic oxidation sites excluding steroid dienone is 2. The zero-order valence-corrected chi connectivity index (χ0v) is 25.6. The first-order valence-corrected chi connectivity index (χ1v) is 11.4. The number of aryl methyl sites for hydroxylation is 2. The van der Waals surface area contributed by atoms with Gasteiger partial charge in [-0.25, -0.2) is 0 Å². The number of rotatable bonds is 5. The first kappa shape index (κ1) is 32.6. The van der Waals surface area contributed by atoms with Crippen LogP contribution < -0.4 is 0 Å². The summed E-state index contributed by atoms with van der Waals surface area (Å²) in [7, 11) is 0. The van der Waals surface area contributed by atoms with E-state index in [9.17, 15) is 0 Å². The standard InChI is InChI=1S/C15H28O.C9H9N.C4H8.U/c1-6-8-9-15(5)11-13(16-7-2)10-14(3,4)12-15;1-7-3-4-9(6-10)5-8(7)2;1-3-4-2;/h2,6-12H2,1,3-5H3;3-5H,1-2H3;3-4H,1-2H3;/q-2;;;+2/b;;4-3-;. The van der Waals surface area contributed by atoms with Gasteiger partial charge in [-0.15, -0.1) is 19.4 Å². The van der Waals surface area contributed by atoms with Gasteiger partial charge in [-0.2, -0.15) is 11.4 Å². The van der Waals surface area contributed by atoms with Crippen molar-refractivity contribution < 1.29 is 35.9 Å². The monoisotopic (exact) mass is 649 g/mol. The molecular weight excluding hydrogens is 604 g/mol. The summed E-state index contributed by atoms with van der Waals surface area (Å²) in [6, 6.07) is 7.79. The molecule has 31 heavy (non-hydrogen) atoms. The van der Waals surface area contributed by atoms with E-state index in [4.69, 9.17) is 10.00 Å². The van der Waals surface area contributed by atoms with Crippen LogP contribution in [-0.2, 0) is 4.74 Å². The van der Waals surface area contributed by atoms with Crippen LogP contribution >= 0.6 is 0 Å². The third-order valence-electron chi connectivity index (χ3n) is 5.61. The zero-order valence-electron chi connectivity index (χ0n) is 21.4. The SMILES string of the molecule is C/C=C\C.Cc1ccc(C#N)cc1C.[CH2-]CO[C-]1CC(C)(C)CC(C)(CCCC)C1.[U+2]. The molecule has 0 aromatic heterocycles. The van der Waals surface area contributed by atoms with Gasteiger partial charge >= 0.3 is 31.1 Å². The summed E-state index contributed by atoms with van der Waals surface area (Å²) in [4.78, 5) is 0. The van der Waals surface area contributed by atoms with Crippen LogP contribution in [0.5, 0.6) is 0 Å². The van der Waals surface area contributed by atoms with Crippen LogP contribution in [0.4, 0.5) is 0 Å². The number of ether oxygens (including phenoxy) is 1. The Morgan fingerprint density at radius 3 is 2.19 bits per heavy atom. The van der Waals surface area contributed by atoms with Crippen LogP contribution in [-0.4, -0.2) is 6.61 Å². The number of hydrogen-bond donors (Lipinski definition) is 0. The number of nitriles is 1. The van der Waals surface area contributed by atoms with E-state index >= 15 is 0 Å². The van der Waals surface area contributed by atoms with Crippen LogP contribution in [0.2, 0.25) is 0 Å². The summed E-state index contributed by atoms with van der Waals surface area (Å²) in [5, 5.41) is 8.50. The molecular formula is C28H45NOU. The number of nitrogens with zero attached hydrogens (tertiary/aromatic N) is 1. The molecule has 1 fully saturated rings. The third kappa shape index (κ3) is 14.3. The average molecular weight is 650 g/mol. The zero-order chi connectivity index (χ0) is 23.2. The molecule has 2 rings (SSSR count). The van der Waals surface area contributed by atoms with Crippen molar-refractivity contribution in [2.24, 2.45) is 10.8 Å². The molecule has 0 heterocycles. The topological polar surface area (TPSA) is 33.0 Å². The molecule has 1 saturated carbocycles.